The van der Waals surface area contributed by atoms with Gasteiger partial charge in [-0.25, -0.2) is 0 Å². The van der Waals surface area contributed by atoms with Crippen molar-refractivity contribution in [3.05, 3.63) is 0 Å². The van der Waals surface area contributed by atoms with Crippen LogP contribution in [0.4, 0.5) is 0 Å². The van der Waals surface area contributed by atoms with Crippen LogP contribution in [-0.4, -0.2) is 48.3 Å². The number of aliphatic carboxylic acids is 1. The summed E-state index contributed by atoms with van der Waals surface area (Å²) < 4.78 is 5.23. The Morgan fingerprint density at radius 1 is 1.77 bits per heavy atom. The van der Waals surface area contributed by atoms with E-state index in [1.165, 1.54) is 0 Å². The second-order valence-corrected chi connectivity index (χ2v) is 2.98. The second-order valence-electron chi connectivity index (χ2n) is 2.98. The van der Waals surface area contributed by atoms with Gasteiger partial charge in [-0.3, -0.25) is 9.69 Å². The number of morpholine rings is 1. The molecule has 72 valence electrons. The first-order valence-corrected chi connectivity index (χ1v) is 4.15. The van der Waals surface area contributed by atoms with Crippen LogP contribution in [0.1, 0.15) is 6.42 Å². The summed E-state index contributed by atoms with van der Waals surface area (Å²) in [6.45, 7) is 2.11. The lowest BCUT2D eigenvalue weighted by molar-refractivity contribution is -0.142. The van der Waals surface area contributed by atoms with Gasteiger partial charge in [-0.15, -0.1) is 0 Å². The molecule has 1 aliphatic heterocycles. The van der Waals surface area contributed by atoms with Crippen LogP contribution in [0.5, 0.6) is 0 Å². The monoisotopic (exact) mass is 184 g/mol. The minimum Gasteiger partial charge on any atom is -0.481 e. The van der Waals surface area contributed by atoms with Crippen molar-refractivity contribution >= 4 is 5.97 Å². The largest absolute Gasteiger partial charge is 0.481 e. The van der Waals surface area contributed by atoms with Crippen molar-refractivity contribution in [3.8, 4) is 6.07 Å². The fraction of sp³-hybridized carbons (Fsp3) is 0.750. The summed E-state index contributed by atoms with van der Waals surface area (Å²) in [4.78, 5) is 12.3. The van der Waals surface area contributed by atoms with Gasteiger partial charge in [0.15, 0.2) is 0 Å². The first-order valence-electron chi connectivity index (χ1n) is 4.15. The molecule has 1 N–H and O–H groups in total. The van der Waals surface area contributed by atoms with E-state index >= 15 is 0 Å². The molecule has 13 heavy (non-hydrogen) atoms. The van der Waals surface area contributed by atoms with Crippen LogP contribution >= 0.6 is 0 Å². The Labute approximate surface area is 76.5 Å². The van der Waals surface area contributed by atoms with Gasteiger partial charge in [0.2, 0.25) is 0 Å². The third-order valence-electron chi connectivity index (χ3n) is 1.92. The molecule has 0 bridgehead atoms. The van der Waals surface area contributed by atoms with Gasteiger partial charge >= 0.3 is 5.97 Å². The van der Waals surface area contributed by atoms with Crippen molar-refractivity contribution < 1.29 is 14.6 Å². The van der Waals surface area contributed by atoms with Crippen LogP contribution in [0.2, 0.25) is 0 Å². The number of rotatable bonds is 3. The van der Waals surface area contributed by atoms with Crippen molar-refractivity contribution in [1.82, 2.24) is 4.90 Å². The highest BCUT2D eigenvalue weighted by Crippen LogP contribution is 2.07. The first kappa shape index (κ1) is 9.96. The highest BCUT2D eigenvalue weighted by Gasteiger charge is 2.21. The van der Waals surface area contributed by atoms with Gasteiger partial charge in [-0.1, -0.05) is 0 Å². The Kier molecular flexibility index (Phi) is 3.68. The standard InChI is InChI=1S/C8H12N2O3/c9-1-2-10-3-4-13-7(6-10)5-8(11)12/h7H,2-6H2,(H,11,12). The molecule has 1 unspecified atom stereocenters. The zero-order chi connectivity index (χ0) is 9.68. The van der Waals surface area contributed by atoms with Gasteiger partial charge < -0.3 is 9.84 Å². The van der Waals surface area contributed by atoms with E-state index in [1.807, 2.05) is 11.0 Å². The number of carboxylic acids is 1. The Bertz CT molecular complexity index is 224. The van der Waals surface area contributed by atoms with Crippen molar-refractivity contribution in [2.75, 3.05) is 26.2 Å². The third kappa shape index (κ3) is 3.40. The highest BCUT2D eigenvalue weighted by atomic mass is 16.5. The quantitative estimate of drug-likeness (QED) is 0.609. The van der Waals surface area contributed by atoms with Crippen molar-refractivity contribution in [2.45, 2.75) is 12.5 Å². The maximum absolute atomic E-state index is 10.4. The Morgan fingerprint density at radius 3 is 3.15 bits per heavy atom. The number of ether oxygens (including phenoxy) is 1. The van der Waals surface area contributed by atoms with Crippen molar-refractivity contribution in [2.24, 2.45) is 0 Å². The summed E-state index contributed by atoms with van der Waals surface area (Å²) in [6, 6.07) is 2.03. The smallest absolute Gasteiger partial charge is 0.306 e. The third-order valence-corrected chi connectivity index (χ3v) is 1.92. The molecule has 1 saturated heterocycles. The SMILES string of the molecule is N#CCN1CCOC(CC(=O)O)C1. The zero-order valence-corrected chi connectivity index (χ0v) is 7.27. The molecule has 1 fully saturated rings. The molecule has 1 aliphatic rings. The number of hydrogen-bond acceptors (Lipinski definition) is 4. The highest BCUT2D eigenvalue weighted by molar-refractivity contribution is 5.67. The van der Waals surface area contributed by atoms with Crippen LogP contribution in [0.25, 0.3) is 0 Å². The average Bonchev–Trinajstić information content (AvgIpc) is 2.04. The maximum Gasteiger partial charge on any atom is 0.306 e. The van der Waals surface area contributed by atoms with Crippen LogP contribution in [-0.2, 0) is 9.53 Å². The van der Waals surface area contributed by atoms with Gasteiger partial charge in [-0.2, -0.15) is 5.26 Å². The van der Waals surface area contributed by atoms with Gasteiger partial charge in [0.05, 0.1) is 31.7 Å². The molecule has 1 rings (SSSR count). The molecule has 0 radical (unpaired) electrons. The fourth-order valence-corrected chi connectivity index (χ4v) is 1.34. The van der Waals surface area contributed by atoms with Crippen molar-refractivity contribution in [3.63, 3.8) is 0 Å². The molecule has 0 aromatic rings. The minimum absolute atomic E-state index is 0.0158. The Balaban J connectivity index is 2.33. The van der Waals surface area contributed by atoms with Gasteiger partial charge in [-0.05, 0) is 0 Å². The summed E-state index contributed by atoms with van der Waals surface area (Å²) in [5, 5.41) is 17.0. The predicted molar refractivity (Wildman–Crippen MR) is 44.0 cm³/mol. The number of hydrogen-bond donors (Lipinski definition) is 1. The molecule has 0 saturated carbocycles. The average molecular weight is 184 g/mol. The molecule has 0 aromatic heterocycles. The van der Waals surface area contributed by atoms with Crippen LogP contribution in [0, 0.1) is 11.3 Å². The summed E-state index contributed by atoms with van der Waals surface area (Å²) in [6.07, 6.45) is -0.248. The van der Waals surface area contributed by atoms with Gasteiger partial charge in [0.1, 0.15) is 0 Å². The predicted octanol–water partition coefficient (Wildman–Crippen LogP) is -0.315. The summed E-state index contributed by atoms with van der Waals surface area (Å²) >= 11 is 0. The van der Waals surface area contributed by atoms with Gasteiger partial charge in [0.25, 0.3) is 0 Å². The fourth-order valence-electron chi connectivity index (χ4n) is 1.34. The Morgan fingerprint density at radius 2 is 2.54 bits per heavy atom. The van der Waals surface area contributed by atoms with E-state index in [9.17, 15) is 4.79 Å². The molecule has 5 heteroatoms. The second kappa shape index (κ2) is 4.80. The summed E-state index contributed by atoms with van der Waals surface area (Å²) in [5.41, 5.74) is 0. The number of carbonyl (C=O) groups is 1. The van der Waals surface area contributed by atoms with Crippen LogP contribution < -0.4 is 0 Å². The molecule has 1 heterocycles. The van der Waals surface area contributed by atoms with Crippen molar-refractivity contribution in [1.29, 1.82) is 5.26 Å². The molecule has 0 aromatic carbocycles. The zero-order valence-electron chi connectivity index (χ0n) is 7.27. The van der Waals surface area contributed by atoms with E-state index in [0.29, 0.717) is 26.2 Å². The van der Waals surface area contributed by atoms with E-state index in [-0.39, 0.29) is 12.5 Å². The normalized spacial score (nSPS) is 23.8. The molecule has 0 aliphatic carbocycles. The Hall–Kier alpha value is -1.12. The molecule has 5 nitrogen and oxygen atoms in total. The molecule has 1 atom stereocenters. The summed E-state index contributed by atoms with van der Waals surface area (Å²) in [5.74, 6) is -0.858. The lowest BCUT2D eigenvalue weighted by atomic mass is 10.2. The van der Waals surface area contributed by atoms with Crippen LogP contribution in [0.3, 0.4) is 0 Å². The van der Waals surface area contributed by atoms with E-state index in [2.05, 4.69) is 0 Å². The molecule has 0 amide bonds. The van der Waals surface area contributed by atoms with E-state index in [0.717, 1.165) is 0 Å². The van der Waals surface area contributed by atoms with Gasteiger partial charge in [0, 0.05) is 13.1 Å². The number of nitrogens with zero attached hydrogens (tertiary/aromatic N) is 2. The molecular weight excluding hydrogens is 172 g/mol. The summed E-state index contributed by atoms with van der Waals surface area (Å²) in [7, 11) is 0. The lowest BCUT2D eigenvalue weighted by Crippen LogP contribution is -2.43. The van der Waals surface area contributed by atoms with E-state index < -0.39 is 5.97 Å². The molecule has 0 spiro atoms. The first-order chi connectivity index (χ1) is 6.22. The topological polar surface area (TPSA) is 73.6 Å². The van der Waals surface area contributed by atoms with Crippen LogP contribution in [0.15, 0.2) is 0 Å². The maximum atomic E-state index is 10.4. The number of carboxylic acid groups (broad SMARTS) is 1. The van der Waals surface area contributed by atoms with E-state index in [1.54, 1.807) is 0 Å². The minimum atomic E-state index is -0.858. The lowest BCUT2D eigenvalue weighted by Gasteiger charge is -2.30. The number of nitriles is 1. The van der Waals surface area contributed by atoms with E-state index in [4.69, 9.17) is 15.1 Å². The molecular formula is C8H12N2O3.